The Labute approximate surface area is 152 Å². The molecule has 0 aliphatic rings. The molecule has 2 aromatic carbocycles. The molecule has 0 aliphatic carbocycles. The second kappa shape index (κ2) is 6.81. The van der Waals surface area contributed by atoms with Crippen molar-refractivity contribution in [2.75, 3.05) is 7.05 Å². The van der Waals surface area contributed by atoms with E-state index < -0.39 is 0 Å². The van der Waals surface area contributed by atoms with E-state index >= 15 is 0 Å². The van der Waals surface area contributed by atoms with Gasteiger partial charge < -0.3 is 14.2 Å². The summed E-state index contributed by atoms with van der Waals surface area (Å²) in [5.41, 5.74) is 5.27. The normalized spacial score (nSPS) is 11.3. The van der Waals surface area contributed by atoms with Gasteiger partial charge in [-0.25, -0.2) is 4.98 Å². The molecule has 2 heterocycles. The fraction of sp³-hybridized carbons (Fsp3) is 0.227. The lowest BCUT2D eigenvalue weighted by Gasteiger charge is -1.98. The fourth-order valence-electron chi connectivity index (χ4n) is 3.13. The smallest absolute Gasteiger partial charge is 0.226 e. The lowest BCUT2D eigenvalue weighted by Crippen LogP contribution is -2.04. The van der Waals surface area contributed by atoms with Crippen molar-refractivity contribution in [3.63, 3.8) is 0 Å². The lowest BCUT2D eigenvalue weighted by atomic mass is 10.1. The van der Waals surface area contributed by atoms with Gasteiger partial charge in [-0.2, -0.15) is 0 Å². The van der Waals surface area contributed by atoms with Crippen LogP contribution in [0.15, 0.2) is 57.4 Å². The first-order valence-electron chi connectivity index (χ1n) is 8.81. The van der Waals surface area contributed by atoms with Crippen LogP contribution in [-0.2, 0) is 13.0 Å². The predicted octanol–water partition coefficient (Wildman–Crippen LogP) is 5.01. The number of fused-ring (bicyclic) bond motifs is 1. The summed E-state index contributed by atoms with van der Waals surface area (Å²) >= 11 is 0. The first-order chi connectivity index (χ1) is 12.6. The van der Waals surface area contributed by atoms with E-state index in [4.69, 9.17) is 8.83 Å². The third-order valence-corrected chi connectivity index (χ3v) is 4.55. The molecule has 26 heavy (non-hydrogen) atoms. The third-order valence-electron chi connectivity index (χ3n) is 4.55. The van der Waals surface area contributed by atoms with Gasteiger partial charge in [-0.1, -0.05) is 23.8 Å². The quantitative estimate of drug-likeness (QED) is 0.551. The second-order valence-electron chi connectivity index (χ2n) is 6.68. The van der Waals surface area contributed by atoms with E-state index in [1.165, 1.54) is 11.1 Å². The van der Waals surface area contributed by atoms with Crippen LogP contribution in [0.2, 0.25) is 0 Å². The Hall–Kier alpha value is -2.85. The molecule has 0 saturated heterocycles. The van der Waals surface area contributed by atoms with Gasteiger partial charge in [0.25, 0.3) is 0 Å². The highest BCUT2D eigenvalue weighted by molar-refractivity contribution is 5.78. The molecule has 2 aromatic heterocycles. The summed E-state index contributed by atoms with van der Waals surface area (Å²) in [7, 11) is 1.95. The average molecular weight is 346 g/mol. The SMILES string of the molecule is CNCc1ccc2oc(Cc3nc(-c4ccc(C)cc4)oc3C)cc2c1. The molecular weight excluding hydrogens is 324 g/mol. The fourth-order valence-corrected chi connectivity index (χ4v) is 3.13. The Morgan fingerprint density at radius 1 is 0.962 bits per heavy atom. The Morgan fingerprint density at radius 2 is 1.77 bits per heavy atom. The third kappa shape index (κ3) is 3.28. The van der Waals surface area contributed by atoms with Gasteiger partial charge in [0.1, 0.15) is 17.1 Å². The molecule has 4 nitrogen and oxygen atoms in total. The molecule has 4 aromatic rings. The summed E-state index contributed by atoms with van der Waals surface area (Å²) in [5.74, 6) is 2.38. The van der Waals surface area contributed by atoms with E-state index in [1.54, 1.807) is 0 Å². The van der Waals surface area contributed by atoms with Crippen LogP contribution in [0.25, 0.3) is 22.4 Å². The second-order valence-corrected chi connectivity index (χ2v) is 6.68. The predicted molar refractivity (Wildman–Crippen MR) is 103 cm³/mol. The van der Waals surface area contributed by atoms with Crippen LogP contribution in [0.1, 0.15) is 28.3 Å². The van der Waals surface area contributed by atoms with Crippen LogP contribution < -0.4 is 5.32 Å². The maximum Gasteiger partial charge on any atom is 0.226 e. The molecule has 0 atom stereocenters. The molecule has 0 fully saturated rings. The van der Waals surface area contributed by atoms with Crippen molar-refractivity contribution in [3.8, 4) is 11.5 Å². The summed E-state index contributed by atoms with van der Waals surface area (Å²) in [4.78, 5) is 4.69. The standard InChI is InChI=1S/C22H22N2O2/c1-14-4-7-17(8-5-14)22-24-20(15(2)25-22)12-19-11-18-10-16(13-23-3)6-9-21(18)26-19/h4-11,23H,12-13H2,1-3H3. The molecule has 0 aliphatic heterocycles. The monoisotopic (exact) mass is 346 g/mol. The van der Waals surface area contributed by atoms with Crippen molar-refractivity contribution in [2.45, 2.75) is 26.8 Å². The van der Waals surface area contributed by atoms with Crippen molar-refractivity contribution < 1.29 is 8.83 Å². The van der Waals surface area contributed by atoms with Crippen molar-refractivity contribution in [2.24, 2.45) is 0 Å². The molecule has 132 valence electrons. The van der Waals surface area contributed by atoms with Crippen LogP contribution >= 0.6 is 0 Å². The zero-order valence-electron chi connectivity index (χ0n) is 15.3. The van der Waals surface area contributed by atoms with Gasteiger partial charge in [-0.05, 0) is 56.8 Å². The number of nitrogens with one attached hydrogen (secondary N) is 1. The van der Waals surface area contributed by atoms with Crippen LogP contribution in [0.4, 0.5) is 0 Å². The molecule has 0 radical (unpaired) electrons. The summed E-state index contributed by atoms with van der Waals surface area (Å²) in [6, 6.07) is 16.6. The first-order valence-corrected chi connectivity index (χ1v) is 8.81. The van der Waals surface area contributed by atoms with Gasteiger partial charge in [-0.15, -0.1) is 0 Å². The highest BCUT2D eigenvalue weighted by atomic mass is 16.4. The molecule has 0 unspecified atom stereocenters. The Morgan fingerprint density at radius 3 is 2.54 bits per heavy atom. The maximum absolute atomic E-state index is 5.99. The van der Waals surface area contributed by atoms with Crippen LogP contribution in [-0.4, -0.2) is 12.0 Å². The molecule has 0 saturated carbocycles. The van der Waals surface area contributed by atoms with E-state index in [9.17, 15) is 0 Å². The Kier molecular flexibility index (Phi) is 4.35. The molecule has 1 N–H and O–H groups in total. The average Bonchev–Trinajstić information content (AvgIpc) is 3.19. The number of hydrogen-bond acceptors (Lipinski definition) is 4. The number of furan rings is 1. The highest BCUT2D eigenvalue weighted by Crippen LogP contribution is 2.26. The van der Waals surface area contributed by atoms with Gasteiger partial charge in [-0.3, -0.25) is 0 Å². The molecule has 0 bridgehead atoms. The minimum absolute atomic E-state index is 0.622. The molecule has 4 rings (SSSR count). The van der Waals surface area contributed by atoms with Crippen LogP contribution in [0.3, 0.4) is 0 Å². The lowest BCUT2D eigenvalue weighted by molar-refractivity contribution is 0.533. The van der Waals surface area contributed by atoms with Gasteiger partial charge in [0, 0.05) is 17.5 Å². The number of aromatic nitrogens is 1. The summed E-state index contributed by atoms with van der Waals surface area (Å²) in [6.45, 7) is 4.87. The summed E-state index contributed by atoms with van der Waals surface area (Å²) in [5, 5.41) is 4.29. The molecule has 4 heteroatoms. The van der Waals surface area contributed by atoms with Gasteiger partial charge in [0.05, 0.1) is 12.1 Å². The van der Waals surface area contributed by atoms with E-state index in [2.05, 4.69) is 47.6 Å². The van der Waals surface area contributed by atoms with E-state index in [1.807, 2.05) is 32.2 Å². The minimum atomic E-state index is 0.622. The van der Waals surface area contributed by atoms with Crippen LogP contribution in [0, 0.1) is 13.8 Å². The zero-order valence-corrected chi connectivity index (χ0v) is 15.3. The Balaban J connectivity index is 1.61. The molecular formula is C22H22N2O2. The largest absolute Gasteiger partial charge is 0.461 e. The number of aryl methyl sites for hydroxylation is 2. The minimum Gasteiger partial charge on any atom is -0.461 e. The number of nitrogens with zero attached hydrogens (tertiary/aromatic N) is 1. The molecule has 0 spiro atoms. The Bertz CT molecular complexity index is 1040. The summed E-state index contributed by atoms with van der Waals surface area (Å²) in [6.07, 6.45) is 0.622. The van der Waals surface area contributed by atoms with Crippen molar-refractivity contribution in [1.82, 2.24) is 10.3 Å². The van der Waals surface area contributed by atoms with Gasteiger partial charge >= 0.3 is 0 Å². The van der Waals surface area contributed by atoms with E-state index in [0.29, 0.717) is 12.3 Å². The van der Waals surface area contributed by atoms with Gasteiger partial charge in [0.15, 0.2) is 0 Å². The first kappa shape index (κ1) is 16.6. The topological polar surface area (TPSA) is 51.2 Å². The maximum atomic E-state index is 5.99. The van der Waals surface area contributed by atoms with E-state index in [0.717, 1.165) is 40.3 Å². The zero-order chi connectivity index (χ0) is 18.1. The number of rotatable bonds is 5. The number of oxazole rings is 1. The van der Waals surface area contributed by atoms with E-state index in [-0.39, 0.29) is 0 Å². The number of hydrogen-bond donors (Lipinski definition) is 1. The van der Waals surface area contributed by atoms with Crippen molar-refractivity contribution in [1.29, 1.82) is 0 Å². The van der Waals surface area contributed by atoms with Crippen LogP contribution in [0.5, 0.6) is 0 Å². The van der Waals surface area contributed by atoms with Crippen molar-refractivity contribution in [3.05, 3.63) is 76.9 Å². The molecule has 0 amide bonds. The van der Waals surface area contributed by atoms with Crippen molar-refractivity contribution >= 4 is 11.0 Å². The summed E-state index contributed by atoms with van der Waals surface area (Å²) < 4.78 is 11.9. The number of benzene rings is 2. The highest BCUT2D eigenvalue weighted by Gasteiger charge is 2.14. The van der Waals surface area contributed by atoms with Gasteiger partial charge in [0.2, 0.25) is 5.89 Å².